The maximum absolute atomic E-state index is 11.8. The summed E-state index contributed by atoms with van der Waals surface area (Å²) >= 11 is 0. The molecule has 0 spiro atoms. The zero-order valence-electron chi connectivity index (χ0n) is 13.3. The van der Waals surface area contributed by atoms with Gasteiger partial charge in [-0.1, -0.05) is 18.2 Å². The van der Waals surface area contributed by atoms with E-state index in [0.29, 0.717) is 12.1 Å². The van der Waals surface area contributed by atoms with Gasteiger partial charge in [-0.3, -0.25) is 4.79 Å². The highest BCUT2D eigenvalue weighted by Gasteiger charge is 2.12. The average molecular weight is 328 g/mol. The minimum absolute atomic E-state index is 0.0984. The van der Waals surface area contributed by atoms with E-state index < -0.39 is 10.0 Å². The number of rotatable bonds is 10. The molecule has 0 radical (unpaired) electrons. The van der Waals surface area contributed by atoms with Crippen molar-refractivity contribution in [1.29, 1.82) is 0 Å². The summed E-state index contributed by atoms with van der Waals surface area (Å²) in [6.45, 7) is 7.39. The van der Waals surface area contributed by atoms with Crippen LogP contribution in [0.1, 0.15) is 24.2 Å². The lowest BCUT2D eigenvalue weighted by atomic mass is 10.2. The Kier molecular flexibility index (Phi) is 8.08. The molecule has 1 amide bonds. The molecule has 22 heavy (non-hydrogen) atoms. The quantitative estimate of drug-likeness (QED) is 0.529. The first-order valence-electron chi connectivity index (χ1n) is 7.62. The zero-order chi connectivity index (χ0) is 16.4. The molecule has 0 aromatic heterocycles. The number of hydrogen-bond donors (Lipinski definition) is 3. The predicted molar refractivity (Wildman–Crippen MR) is 87.5 cm³/mol. The van der Waals surface area contributed by atoms with E-state index in [1.165, 1.54) is 4.90 Å². The summed E-state index contributed by atoms with van der Waals surface area (Å²) in [6.07, 6.45) is 0. The highest BCUT2D eigenvalue weighted by Crippen LogP contribution is 1.97. The highest BCUT2D eigenvalue weighted by atomic mass is 32.2. The van der Waals surface area contributed by atoms with Gasteiger partial charge < -0.3 is 10.2 Å². The Morgan fingerprint density at radius 2 is 1.73 bits per heavy atom. The smallest absolute Gasteiger partial charge is 0.251 e. The summed E-state index contributed by atoms with van der Waals surface area (Å²) in [4.78, 5) is 13.1. The molecule has 1 aromatic rings. The molecule has 0 heterocycles. The van der Waals surface area contributed by atoms with Crippen LogP contribution in [0.2, 0.25) is 0 Å². The van der Waals surface area contributed by atoms with Gasteiger partial charge in [-0.15, -0.1) is 0 Å². The number of carbonyl (C=O) groups excluding carboxylic acids is 1. The fraction of sp³-hybridized carbons (Fsp3) is 0.533. The van der Waals surface area contributed by atoms with Crippen LogP contribution in [0.15, 0.2) is 30.3 Å². The summed E-state index contributed by atoms with van der Waals surface area (Å²) in [5.41, 5.74) is 0.526. The summed E-state index contributed by atoms with van der Waals surface area (Å²) in [7, 11) is -3.35. The van der Waals surface area contributed by atoms with Crippen LogP contribution in [-0.4, -0.2) is 52.8 Å². The molecule has 7 heteroatoms. The summed E-state index contributed by atoms with van der Waals surface area (Å²) in [5, 5.41) is 2.61. The molecule has 0 atom stereocenters. The van der Waals surface area contributed by atoms with Crippen molar-refractivity contribution in [3.8, 4) is 0 Å². The Balaban J connectivity index is 2.29. The van der Waals surface area contributed by atoms with Gasteiger partial charge in [0.15, 0.2) is 0 Å². The van der Waals surface area contributed by atoms with E-state index in [1.807, 2.05) is 6.07 Å². The fourth-order valence-electron chi connectivity index (χ4n) is 2.05. The molecule has 0 saturated heterocycles. The van der Waals surface area contributed by atoms with Gasteiger partial charge in [0.05, 0.1) is 31.9 Å². The number of nitrogens with one attached hydrogen (secondary N) is 3. The molecule has 124 valence electrons. The number of hydrogen-bond acceptors (Lipinski definition) is 3. The summed E-state index contributed by atoms with van der Waals surface area (Å²) in [5.74, 6) is -0.373. The van der Waals surface area contributed by atoms with E-state index in [2.05, 4.69) is 23.9 Å². The van der Waals surface area contributed by atoms with Gasteiger partial charge in [-0.05, 0) is 26.0 Å². The third kappa shape index (κ3) is 7.02. The second-order valence-electron chi connectivity index (χ2n) is 5.04. The number of likely N-dealkylation sites (N-methyl/N-ethyl adjacent to an activating group) is 1. The van der Waals surface area contributed by atoms with Crippen molar-refractivity contribution in [1.82, 2.24) is 10.0 Å². The molecular formula is C15H26N3O3S+. The van der Waals surface area contributed by atoms with E-state index in [4.69, 9.17) is 0 Å². The van der Waals surface area contributed by atoms with E-state index in [-0.39, 0.29) is 18.2 Å². The second-order valence-corrected chi connectivity index (χ2v) is 6.97. The first-order chi connectivity index (χ1) is 10.5. The maximum Gasteiger partial charge on any atom is 0.251 e. The van der Waals surface area contributed by atoms with Crippen molar-refractivity contribution >= 4 is 15.9 Å². The minimum atomic E-state index is -3.35. The molecule has 0 fully saturated rings. The van der Waals surface area contributed by atoms with Crippen LogP contribution < -0.4 is 14.9 Å². The predicted octanol–water partition coefficient (Wildman–Crippen LogP) is -0.739. The van der Waals surface area contributed by atoms with Gasteiger partial charge in [0.1, 0.15) is 0 Å². The van der Waals surface area contributed by atoms with Gasteiger partial charge in [0.25, 0.3) is 5.91 Å². The summed E-state index contributed by atoms with van der Waals surface area (Å²) < 4.78 is 26.2. The van der Waals surface area contributed by atoms with Crippen molar-refractivity contribution in [2.45, 2.75) is 13.8 Å². The van der Waals surface area contributed by atoms with Crippen molar-refractivity contribution in [3.63, 3.8) is 0 Å². The molecule has 0 bridgehead atoms. The Hall–Kier alpha value is -1.44. The van der Waals surface area contributed by atoms with Gasteiger partial charge in [-0.25, -0.2) is 13.1 Å². The van der Waals surface area contributed by atoms with Crippen LogP contribution in [0, 0.1) is 0 Å². The fourth-order valence-corrected chi connectivity index (χ4v) is 2.98. The maximum atomic E-state index is 11.8. The molecule has 1 aromatic carbocycles. The molecule has 3 N–H and O–H groups in total. The Morgan fingerprint density at radius 1 is 1.09 bits per heavy atom. The molecule has 0 unspecified atom stereocenters. The van der Waals surface area contributed by atoms with E-state index >= 15 is 0 Å². The van der Waals surface area contributed by atoms with Gasteiger partial charge in [-0.2, -0.15) is 0 Å². The average Bonchev–Trinajstić information content (AvgIpc) is 2.52. The van der Waals surface area contributed by atoms with Gasteiger partial charge >= 0.3 is 0 Å². The molecule has 0 saturated carbocycles. The summed E-state index contributed by atoms with van der Waals surface area (Å²) in [6, 6.07) is 8.73. The van der Waals surface area contributed by atoms with E-state index in [0.717, 1.165) is 19.6 Å². The van der Waals surface area contributed by atoms with Gasteiger partial charge in [0, 0.05) is 12.1 Å². The van der Waals surface area contributed by atoms with Crippen molar-refractivity contribution in [3.05, 3.63) is 35.9 Å². The van der Waals surface area contributed by atoms with Crippen molar-refractivity contribution in [2.75, 3.05) is 38.5 Å². The molecule has 0 aliphatic carbocycles. The van der Waals surface area contributed by atoms with Crippen LogP contribution in [0.4, 0.5) is 0 Å². The second kappa shape index (κ2) is 9.55. The normalized spacial score (nSPS) is 11.6. The molecule has 1 rings (SSSR count). The van der Waals surface area contributed by atoms with Crippen molar-refractivity contribution in [2.24, 2.45) is 0 Å². The number of quaternary nitrogens is 1. The highest BCUT2D eigenvalue weighted by molar-refractivity contribution is 7.89. The van der Waals surface area contributed by atoms with Crippen LogP contribution in [0.3, 0.4) is 0 Å². The van der Waals surface area contributed by atoms with E-state index in [9.17, 15) is 13.2 Å². The van der Waals surface area contributed by atoms with Crippen LogP contribution in [0.25, 0.3) is 0 Å². The number of sulfonamides is 1. The third-order valence-electron chi connectivity index (χ3n) is 3.49. The largest absolute Gasteiger partial charge is 0.351 e. The van der Waals surface area contributed by atoms with Gasteiger partial charge in [0.2, 0.25) is 10.0 Å². The minimum Gasteiger partial charge on any atom is -0.351 e. The van der Waals surface area contributed by atoms with Crippen LogP contribution in [0.5, 0.6) is 0 Å². The topological polar surface area (TPSA) is 79.7 Å². The zero-order valence-corrected chi connectivity index (χ0v) is 14.1. The lowest BCUT2D eigenvalue weighted by molar-refractivity contribution is -0.895. The molecule has 0 aliphatic heterocycles. The van der Waals surface area contributed by atoms with Crippen LogP contribution in [-0.2, 0) is 10.0 Å². The molecule has 6 nitrogen and oxygen atoms in total. The lowest BCUT2D eigenvalue weighted by Gasteiger charge is -2.15. The Bertz CT molecular complexity index is 542. The Morgan fingerprint density at radius 3 is 2.32 bits per heavy atom. The first-order valence-corrected chi connectivity index (χ1v) is 9.28. The Labute approximate surface area is 132 Å². The van der Waals surface area contributed by atoms with E-state index in [1.54, 1.807) is 24.3 Å². The van der Waals surface area contributed by atoms with Crippen molar-refractivity contribution < 1.29 is 18.1 Å². The first kappa shape index (κ1) is 18.6. The lowest BCUT2D eigenvalue weighted by Crippen LogP contribution is -3.12. The molecule has 0 aliphatic rings. The monoisotopic (exact) mass is 328 g/mol. The number of benzene rings is 1. The standard InChI is InChI=1S/C15H25N3O3S/c1-3-18(4-2)12-10-17-22(20,21)13-11-16-15(19)14-8-6-5-7-9-14/h5-9,17H,3-4,10-13H2,1-2H3,(H,16,19)/p+1. The number of amides is 1. The third-order valence-corrected chi connectivity index (χ3v) is 4.88. The SMILES string of the molecule is CC[NH+](CC)CCNS(=O)(=O)CCNC(=O)c1ccccc1. The number of carbonyl (C=O) groups is 1. The molecular weight excluding hydrogens is 302 g/mol. The van der Waals surface area contributed by atoms with Crippen LogP contribution >= 0.6 is 0 Å².